The SMILES string of the molecule is CCCCc1cnccc1C1CC2C=CC1C2. The van der Waals surface area contributed by atoms with Crippen LogP contribution in [-0.4, -0.2) is 4.98 Å². The number of fused-ring (bicyclic) bond motifs is 2. The van der Waals surface area contributed by atoms with Crippen molar-refractivity contribution in [3.8, 4) is 0 Å². The fraction of sp³-hybridized carbons (Fsp3) is 0.562. The summed E-state index contributed by atoms with van der Waals surface area (Å²) >= 11 is 0. The average molecular weight is 227 g/mol. The van der Waals surface area contributed by atoms with E-state index in [1.165, 1.54) is 37.7 Å². The largest absolute Gasteiger partial charge is 0.264 e. The molecular weight excluding hydrogens is 206 g/mol. The first-order valence-electron chi connectivity index (χ1n) is 6.99. The maximum absolute atomic E-state index is 4.31. The van der Waals surface area contributed by atoms with E-state index in [0.717, 1.165) is 17.8 Å². The van der Waals surface area contributed by atoms with E-state index < -0.39 is 0 Å². The molecule has 1 fully saturated rings. The molecule has 0 aromatic carbocycles. The van der Waals surface area contributed by atoms with E-state index in [4.69, 9.17) is 0 Å². The van der Waals surface area contributed by atoms with Gasteiger partial charge in [0.1, 0.15) is 0 Å². The molecule has 0 radical (unpaired) electrons. The molecule has 2 aliphatic rings. The highest BCUT2D eigenvalue weighted by Gasteiger charge is 2.37. The van der Waals surface area contributed by atoms with Crippen LogP contribution in [0.1, 0.15) is 49.7 Å². The van der Waals surface area contributed by atoms with Gasteiger partial charge in [-0.3, -0.25) is 4.98 Å². The van der Waals surface area contributed by atoms with Gasteiger partial charge >= 0.3 is 0 Å². The number of aryl methyl sites for hydroxylation is 1. The van der Waals surface area contributed by atoms with Gasteiger partial charge in [-0.25, -0.2) is 0 Å². The standard InChI is InChI=1S/C16H21N/c1-2-3-4-14-11-17-8-7-15(14)16-10-12-5-6-13(16)9-12/h5-8,11-13,16H,2-4,9-10H2,1H3. The third-order valence-electron chi connectivity index (χ3n) is 4.42. The van der Waals surface area contributed by atoms with Gasteiger partial charge in [0.15, 0.2) is 0 Å². The fourth-order valence-electron chi connectivity index (χ4n) is 3.51. The van der Waals surface area contributed by atoms with Gasteiger partial charge in [0, 0.05) is 12.4 Å². The summed E-state index contributed by atoms with van der Waals surface area (Å²) in [5.41, 5.74) is 3.09. The zero-order valence-corrected chi connectivity index (χ0v) is 10.6. The van der Waals surface area contributed by atoms with Crippen molar-refractivity contribution in [1.82, 2.24) is 4.98 Å². The second kappa shape index (κ2) is 4.64. The molecule has 1 nitrogen and oxygen atoms in total. The van der Waals surface area contributed by atoms with Crippen LogP contribution in [0, 0.1) is 11.8 Å². The van der Waals surface area contributed by atoms with E-state index in [2.05, 4.69) is 36.3 Å². The van der Waals surface area contributed by atoms with Crippen molar-refractivity contribution in [1.29, 1.82) is 0 Å². The molecule has 0 amide bonds. The molecule has 0 aliphatic heterocycles. The summed E-state index contributed by atoms with van der Waals surface area (Å²) in [4.78, 5) is 4.31. The summed E-state index contributed by atoms with van der Waals surface area (Å²) in [6.45, 7) is 2.26. The molecule has 3 unspecified atom stereocenters. The third-order valence-corrected chi connectivity index (χ3v) is 4.42. The molecule has 0 spiro atoms. The Bertz CT molecular complexity index is 421. The van der Waals surface area contributed by atoms with Crippen LogP contribution in [-0.2, 0) is 6.42 Å². The predicted octanol–water partition coefficient (Wildman–Crippen LogP) is 4.10. The molecule has 17 heavy (non-hydrogen) atoms. The monoisotopic (exact) mass is 227 g/mol. The lowest BCUT2D eigenvalue weighted by Gasteiger charge is -2.21. The van der Waals surface area contributed by atoms with Crippen LogP contribution in [0.5, 0.6) is 0 Å². The number of nitrogens with zero attached hydrogens (tertiary/aromatic N) is 1. The summed E-state index contributed by atoms with van der Waals surface area (Å²) < 4.78 is 0. The van der Waals surface area contributed by atoms with E-state index in [1.54, 1.807) is 5.56 Å². The first kappa shape index (κ1) is 11.0. The fourth-order valence-corrected chi connectivity index (χ4v) is 3.51. The molecule has 0 saturated heterocycles. The Hall–Kier alpha value is -1.11. The highest BCUT2D eigenvalue weighted by atomic mass is 14.6. The molecule has 1 heterocycles. The second-order valence-corrected chi connectivity index (χ2v) is 5.56. The Morgan fingerprint density at radius 2 is 2.24 bits per heavy atom. The molecule has 90 valence electrons. The van der Waals surface area contributed by atoms with Gasteiger partial charge in [-0.05, 0) is 60.6 Å². The van der Waals surface area contributed by atoms with E-state index in [0.29, 0.717) is 0 Å². The lowest BCUT2D eigenvalue weighted by Crippen LogP contribution is -2.08. The van der Waals surface area contributed by atoms with Crippen LogP contribution >= 0.6 is 0 Å². The lowest BCUT2D eigenvalue weighted by molar-refractivity contribution is 0.577. The molecule has 1 aromatic rings. The quantitative estimate of drug-likeness (QED) is 0.706. The van der Waals surface area contributed by atoms with Crippen LogP contribution in [0.2, 0.25) is 0 Å². The van der Waals surface area contributed by atoms with Gasteiger partial charge in [-0.15, -0.1) is 0 Å². The van der Waals surface area contributed by atoms with Gasteiger partial charge in [0.25, 0.3) is 0 Å². The maximum Gasteiger partial charge on any atom is 0.0302 e. The van der Waals surface area contributed by atoms with Crippen molar-refractivity contribution in [2.45, 2.75) is 44.9 Å². The van der Waals surface area contributed by atoms with Crippen molar-refractivity contribution in [2.75, 3.05) is 0 Å². The van der Waals surface area contributed by atoms with E-state index in [9.17, 15) is 0 Å². The minimum atomic E-state index is 0.778. The molecule has 1 saturated carbocycles. The van der Waals surface area contributed by atoms with Crippen LogP contribution in [0.3, 0.4) is 0 Å². The lowest BCUT2D eigenvalue weighted by atomic mass is 9.84. The minimum Gasteiger partial charge on any atom is -0.264 e. The topological polar surface area (TPSA) is 12.9 Å². The number of aromatic nitrogens is 1. The zero-order valence-electron chi connectivity index (χ0n) is 10.6. The molecular formula is C16H21N. The summed E-state index contributed by atoms with van der Waals surface area (Å²) in [5.74, 6) is 2.44. The maximum atomic E-state index is 4.31. The first-order valence-corrected chi connectivity index (χ1v) is 6.99. The zero-order chi connectivity index (χ0) is 11.7. The molecule has 1 aromatic heterocycles. The van der Waals surface area contributed by atoms with Crippen molar-refractivity contribution < 1.29 is 0 Å². The summed E-state index contributed by atoms with van der Waals surface area (Å²) in [6.07, 6.45) is 15.5. The number of pyridine rings is 1. The van der Waals surface area contributed by atoms with Gasteiger partial charge in [0.2, 0.25) is 0 Å². The van der Waals surface area contributed by atoms with Crippen LogP contribution in [0.25, 0.3) is 0 Å². The Kier molecular flexibility index (Phi) is 3.00. The van der Waals surface area contributed by atoms with Crippen molar-refractivity contribution in [3.63, 3.8) is 0 Å². The molecule has 0 N–H and O–H groups in total. The van der Waals surface area contributed by atoms with Crippen molar-refractivity contribution in [3.05, 3.63) is 41.7 Å². The molecule has 2 aliphatic carbocycles. The number of rotatable bonds is 4. The highest BCUT2D eigenvalue weighted by molar-refractivity contribution is 5.32. The molecule has 1 heteroatoms. The number of unbranched alkanes of at least 4 members (excludes halogenated alkanes) is 1. The van der Waals surface area contributed by atoms with Crippen molar-refractivity contribution in [2.24, 2.45) is 11.8 Å². The summed E-state index contributed by atoms with van der Waals surface area (Å²) in [5, 5.41) is 0. The van der Waals surface area contributed by atoms with E-state index in [1.807, 2.05) is 6.20 Å². The van der Waals surface area contributed by atoms with Crippen molar-refractivity contribution >= 4 is 0 Å². The molecule has 3 atom stereocenters. The highest BCUT2D eigenvalue weighted by Crippen LogP contribution is 2.49. The van der Waals surface area contributed by atoms with Crippen LogP contribution in [0.15, 0.2) is 30.6 Å². The number of hydrogen-bond donors (Lipinski definition) is 0. The van der Waals surface area contributed by atoms with Gasteiger partial charge in [0.05, 0.1) is 0 Å². The summed E-state index contributed by atoms with van der Waals surface area (Å²) in [6, 6.07) is 2.27. The number of hydrogen-bond acceptors (Lipinski definition) is 1. The minimum absolute atomic E-state index is 0.778. The summed E-state index contributed by atoms with van der Waals surface area (Å²) in [7, 11) is 0. The second-order valence-electron chi connectivity index (χ2n) is 5.56. The Labute approximate surface area is 104 Å². The van der Waals surface area contributed by atoms with E-state index >= 15 is 0 Å². The smallest absolute Gasteiger partial charge is 0.0302 e. The Balaban J connectivity index is 1.84. The average Bonchev–Trinajstić information content (AvgIpc) is 2.99. The Morgan fingerprint density at radius 1 is 1.29 bits per heavy atom. The third kappa shape index (κ3) is 2.03. The van der Waals surface area contributed by atoms with Crippen LogP contribution in [0.4, 0.5) is 0 Å². The Morgan fingerprint density at radius 3 is 2.94 bits per heavy atom. The van der Waals surface area contributed by atoms with Crippen LogP contribution < -0.4 is 0 Å². The normalized spacial score (nSPS) is 30.1. The van der Waals surface area contributed by atoms with E-state index in [-0.39, 0.29) is 0 Å². The van der Waals surface area contributed by atoms with Gasteiger partial charge in [-0.2, -0.15) is 0 Å². The molecule has 2 bridgehead atoms. The number of allylic oxidation sites excluding steroid dienone is 2. The van der Waals surface area contributed by atoms with Gasteiger partial charge < -0.3 is 0 Å². The molecule has 3 rings (SSSR count). The van der Waals surface area contributed by atoms with Gasteiger partial charge in [-0.1, -0.05) is 25.5 Å². The first-order chi connectivity index (χ1) is 8.38. The predicted molar refractivity (Wildman–Crippen MR) is 70.9 cm³/mol.